The number of carbonyl (C=O) groups excluding carboxylic acids is 2. The first-order valence-corrected chi connectivity index (χ1v) is 3.16. The van der Waals surface area contributed by atoms with Crippen LogP contribution in [0.2, 0.25) is 0 Å². The summed E-state index contributed by atoms with van der Waals surface area (Å²) in [5.41, 5.74) is 0. The highest BCUT2D eigenvalue weighted by atomic mass is 16.5. The number of hydrogen-bond donors (Lipinski definition) is 1. The van der Waals surface area contributed by atoms with Crippen molar-refractivity contribution in [2.75, 3.05) is 0 Å². The Kier molecular flexibility index (Phi) is 3.95. The van der Waals surface area contributed by atoms with Crippen LogP contribution in [-0.2, 0) is 14.3 Å². The molecule has 0 aromatic carbocycles. The molecule has 1 amide bonds. The molecular formula is C7H11NO3. The van der Waals surface area contributed by atoms with E-state index in [0.29, 0.717) is 0 Å². The molecule has 1 unspecified atom stereocenters. The minimum Gasteiger partial charge on any atom is -0.434 e. The van der Waals surface area contributed by atoms with Crippen LogP contribution in [0.25, 0.3) is 0 Å². The molecule has 11 heavy (non-hydrogen) atoms. The molecule has 0 rings (SSSR count). The second-order valence-corrected chi connectivity index (χ2v) is 2.03. The van der Waals surface area contributed by atoms with E-state index in [1.54, 1.807) is 0 Å². The van der Waals surface area contributed by atoms with Crippen molar-refractivity contribution in [2.24, 2.45) is 0 Å². The van der Waals surface area contributed by atoms with Crippen molar-refractivity contribution in [1.29, 1.82) is 0 Å². The average Bonchev–Trinajstić information content (AvgIpc) is 1.86. The molecule has 0 saturated carbocycles. The Morgan fingerprint density at radius 3 is 2.55 bits per heavy atom. The number of nitrogens with one attached hydrogen (secondary N) is 1. The summed E-state index contributed by atoms with van der Waals surface area (Å²) in [5, 5.41) is 2.37. The largest absolute Gasteiger partial charge is 0.434 e. The summed E-state index contributed by atoms with van der Waals surface area (Å²) in [7, 11) is 0. The number of rotatable bonds is 3. The zero-order valence-electron chi connectivity index (χ0n) is 6.59. The van der Waals surface area contributed by atoms with Gasteiger partial charge >= 0.3 is 5.97 Å². The van der Waals surface area contributed by atoms with Gasteiger partial charge in [-0.25, -0.2) is 4.79 Å². The molecule has 4 nitrogen and oxygen atoms in total. The summed E-state index contributed by atoms with van der Waals surface area (Å²) in [5.74, 6) is -0.784. The molecule has 0 saturated heterocycles. The van der Waals surface area contributed by atoms with E-state index in [1.165, 1.54) is 13.8 Å². The van der Waals surface area contributed by atoms with Crippen molar-refractivity contribution in [2.45, 2.75) is 19.9 Å². The predicted octanol–water partition coefficient (Wildman–Crippen LogP) is 0.198. The standard InChI is InChI=1S/C7H11NO3/c1-4-11-7(10)5(2)8-6(3)9/h4-5H,1H2,2-3H3,(H,8,9). The maximum Gasteiger partial charge on any atom is 0.333 e. The Bertz CT molecular complexity index is 177. The van der Waals surface area contributed by atoms with E-state index in [9.17, 15) is 9.59 Å². The lowest BCUT2D eigenvalue weighted by atomic mass is 10.3. The Hall–Kier alpha value is -1.32. The molecule has 0 aliphatic carbocycles. The summed E-state index contributed by atoms with van der Waals surface area (Å²) < 4.78 is 4.41. The van der Waals surface area contributed by atoms with E-state index in [4.69, 9.17) is 0 Å². The number of hydrogen-bond acceptors (Lipinski definition) is 3. The maximum absolute atomic E-state index is 10.8. The van der Waals surface area contributed by atoms with Crippen LogP contribution >= 0.6 is 0 Å². The summed E-state index contributed by atoms with van der Waals surface area (Å²) in [4.78, 5) is 21.2. The SMILES string of the molecule is C=COC(=O)C(C)NC(C)=O. The van der Waals surface area contributed by atoms with Gasteiger partial charge in [-0.05, 0) is 6.92 Å². The highest BCUT2D eigenvalue weighted by molar-refractivity contribution is 5.83. The molecule has 0 bridgehead atoms. The highest BCUT2D eigenvalue weighted by Crippen LogP contribution is 1.87. The monoisotopic (exact) mass is 157 g/mol. The predicted molar refractivity (Wildman–Crippen MR) is 39.6 cm³/mol. The van der Waals surface area contributed by atoms with E-state index < -0.39 is 12.0 Å². The summed E-state index contributed by atoms with van der Waals surface area (Å²) in [6.45, 7) is 6.07. The van der Waals surface area contributed by atoms with Crippen LogP contribution in [0.15, 0.2) is 12.8 Å². The van der Waals surface area contributed by atoms with Crippen LogP contribution in [0.1, 0.15) is 13.8 Å². The minimum absolute atomic E-state index is 0.265. The van der Waals surface area contributed by atoms with Gasteiger partial charge in [-0.1, -0.05) is 6.58 Å². The third-order valence-electron chi connectivity index (χ3n) is 0.973. The van der Waals surface area contributed by atoms with E-state index in [1.807, 2.05) is 0 Å². The van der Waals surface area contributed by atoms with Crippen molar-refractivity contribution in [3.63, 3.8) is 0 Å². The van der Waals surface area contributed by atoms with Crippen molar-refractivity contribution < 1.29 is 14.3 Å². The Morgan fingerprint density at radius 2 is 2.18 bits per heavy atom. The van der Waals surface area contributed by atoms with Gasteiger partial charge in [0, 0.05) is 6.92 Å². The fraction of sp³-hybridized carbons (Fsp3) is 0.429. The molecule has 0 spiro atoms. The van der Waals surface area contributed by atoms with Gasteiger partial charge in [0.2, 0.25) is 5.91 Å². The van der Waals surface area contributed by atoms with Crippen molar-refractivity contribution in [3.05, 3.63) is 12.8 Å². The van der Waals surface area contributed by atoms with Gasteiger partial charge in [0.15, 0.2) is 0 Å². The van der Waals surface area contributed by atoms with Crippen LogP contribution < -0.4 is 5.32 Å². The number of carbonyl (C=O) groups is 2. The topological polar surface area (TPSA) is 55.4 Å². The highest BCUT2D eigenvalue weighted by Gasteiger charge is 2.13. The second kappa shape index (κ2) is 4.49. The Morgan fingerprint density at radius 1 is 1.64 bits per heavy atom. The third-order valence-corrected chi connectivity index (χ3v) is 0.973. The quantitative estimate of drug-likeness (QED) is 0.470. The maximum atomic E-state index is 10.8. The molecule has 0 radical (unpaired) electrons. The molecule has 1 N–H and O–H groups in total. The lowest BCUT2D eigenvalue weighted by molar-refractivity contribution is -0.141. The first-order valence-electron chi connectivity index (χ1n) is 3.16. The smallest absolute Gasteiger partial charge is 0.333 e. The van der Waals surface area contributed by atoms with Gasteiger partial charge in [-0.2, -0.15) is 0 Å². The lowest BCUT2D eigenvalue weighted by Gasteiger charge is -2.08. The van der Waals surface area contributed by atoms with Crippen molar-refractivity contribution >= 4 is 11.9 Å². The molecule has 4 heteroatoms. The molecule has 0 aromatic heterocycles. The summed E-state index contributed by atoms with van der Waals surface area (Å²) >= 11 is 0. The Labute approximate surface area is 65.2 Å². The molecule has 0 aliphatic rings. The van der Waals surface area contributed by atoms with Crippen molar-refractivity contribution in [1.82, 2.24) is 5.32 Å². The molecular weight excluding hydrogens is 146 g/mol. The fourth-order valence-corrected chi connectivity index (χ4v) is 0.548. The van der Waals surface area contributed by atoms with Gasteiger partial charge in [-0.15, -0.1) is 0 Å². The minimum atomic E-state index is -0.620. The molecule has 62 valence electrons. The Balaban J connectivity index is 3.81. The van der Waals surface area contributed by atoms with Crippen LogP contribution in [0, 0.1) is 0 Å². The van der Waals surface area contributed by atoms with Gasteiger partial charge in [0.25, 0.3) is 0 Å². The number of ether oxygens (including phenoxy) is 1. The van der Waals surface area contributed by atoms with E-state index in [0.717, 1.165) is 6.26 Å². The van der Waals surface area contributed by atoms with Crippen LogP contribution in [-0.4, -0.2) is 17.9 Å². The van der Waals surface area contributed by atoms with Gasteiger partial charge in [0.1, 0.15) is 6.04 Å². The molecule has 0 heterocycles. The van der Waals surface area contributed by atoms with Crippen LogP contribution in [0.5, 0.6) is 0 Å². The third kappa shape index (κ3) is 4.13. The summed E-state index contributed by atoms with van der Waals surface area (Å²) in [6, 6.07) is -0.620. The van der Waals surface area contributed by atoms with Crippen LogP contribution in [0.4, 0.5) is 0 Å². The number of amides is 1. The first-order chi connectivity index (χ1) is 5.07. The van der Waals surface area contributed by atoms with E-state index in [-0.39, 0.29) is 5.91 Å². The zero-order valence-corrected chi connectivity index (χ0v) is 6.59. The van der Waals surface area contributed by atoms with Gasteiger partial charge < -0.3 is 10.1 Å². The fourth-order valence-electron chi connectivity index (χ4n) is 0.548. The first kappa shape index (κ1) is 9.68. The lowest BCUT2D eigenvalue weighted by Crippen LogP contribution is -2.37. The zero-order chi connectivity index (χ0) is 8.85. The molecule has 0 fully saturated rings. The van der Waals surface area contributed by atoms with Crippen molar-refractivity contribution in [3.8, 4) is 0 Å². The molecule has 0 aliphatic heterocycles. The van der Waals surface area contributed by atoms with E-state index >= 15 is 0 Å². The van der Waals surface area contributed by atoms with Crippen LogP contribution in [0.3, 0.4) is 0 Å². The summed E-state index contributed by atoms with van der Waals surface area (Å²) in [6.07, 6.45) is 1.03. The van der Waals surface area contributed by atoms with Gasteiger partial charge in [-0.3, -0.25) is 4.79 Å². The molecule has 0 aromatic rings. The van der Waals surface area contributed by atoms with Gasteiger partial charge in [0.05, 0.1) is 6.26 Å². The molecule has 1 atom stereocenters. The average molecular weight is 157 g/mol. The normalized spacial score (nSPS) is 11.5. The second-order valence-electron chi connectivity index (χ2n) is 2.03. The van der Waals surface area contributed by atoms with E-state index in [2.05, 4.69) is 16.6 Å². The number of esters is 1.